The zero-order chi connectivity index (χ0) is 21.2. The second kappa shape index (κ2) is 8.88. The van der Waals surface area contributed by atoms with Crippen LogP contribution in [0.2, 0.25) is 0 Å². The van der Waals surface area contributed by atoms with Crippen molar-refractivity contribution in [3.05, 3.63) is 41.6 Å². The summed E-state index contributed by atoms with van der Waals surface area (Å²) in [5.74, 6) is 0.400. The standard InChI is InChI=1S/C18H21N2OP.C3H6F3N/c1-3-20(4-2)18(21)12-8-16-14-6-5-7-15-17(14)13(9-19-15)11-22(16)10-12;4-3(5,6)1-2-7/h5-9,12,19H,3-4,10-11H2,1-2H3;1-2,7H2. The van der Waals surface area contributed by atoms with Crippen molar-refractivity contribution in [3.63, 3.8) is 0 Å². The SMILES string of the molecule is CCN(CC)C(=O)C1C=C2c3cccc4[nH]cc(c34)CP2C1.NCCC(F)(F)F. The molecule has 2 aliphatic heterocycles. The van der Waals surface area contributed by atoms with Gasteiger partial charge in [0.25, 0.3) is 0 Å². The molecule has 0 saturated carbocycles. The number of hydrogen-bond donors (Lipinski definition) is 2. The zero-order valence-electron chi connectivity index (χ0n) is 16.7. The maximum atomic E-state index is 12.7. The molecule has 0 saturated heterocycles. The molecule has 0 aliphatic carbocycles. The van der Waals surface area contributed by atoms with Gasteiger partial charge < -0.3 is 15.6 Å². The minimum absolute atomic E-state index is 0.0873. The average Bonchev–Trinajstić information content (AvgIpc) is 3.28. The fourth-order valence-electron chi connectivity index (χ4n) is 3.98. The van der Waals surface area contributed by atoms with Gasteiger partial charge in [-0.2, -0.15) is 13.2 Å². The summed E-state index contributed by atoms with van der Waals surface area (Å²) in [6.45, 7) is 5.43. The second-order valence-electron chi connectivity index (χ2n) is 7.25. The molecule has 1 aromatic heterocycles. The third kappa shape index (κ3) is 4.67. The van der Waals surface area contributed by atoms with Crippen LogP contribution < -0.4 is 5.73 Å². The minimum atomic E-state index is -4.07. The van der Waals surface area contributed by atoms with E-state index in [1.807, 2.05) is 4.90 Å². The number of hydrogen-bond acceptors (Lipinski definition) is 2. The van der Waals surface area contributed by atoms with Crippen LogP contribution in [0.4, 0.5) is 13.2 Å². The first kappa shape index (κ1) is 21.8. The number of alkyl halides is 3. The van der Waals surface area contributed by atoms with E-state index in [9.17, 15) is 18.0 Å². The summed E-state index contributed by atoms with van der Waals surface area (Å²) in [5, 5.41) is 2.83. The Morgan fingerprint density at radius 2 is 2.03 bits per heavy atom. The molecule has 4 rings (SSSR count). The molecule has 0 fully saturated rings. The van der Waals surface area contributed by atoms with E-state index in [2.05, 4.69) is 55.0 Å². The van der Waals surface area contributed by atoms with Crippen LogP contribution in [0, 0.1) is 5.92 Å². The van der Waals surface area contributed by atoms with Gasteiger partial charge in [0.2, 0.25) is 5.91 Å². The molecule has 1 aromatic carbocycles. The number of amides is 1. The maximum absolute atomic E-state index is 12.7. The van der Waals surface area contributed by atoms with Gasteiger partial charge in [0.15, 0.2) is 0 Å². The predicted molar refractivity (Wildman–Crippen MR) is 113 cm³/mol. The van der Waals surface area contributed by atoms with Crippen LogP contribution in [0.15, 0.2) is 30.5 Å². The number of fused-ring (bicyclic) bond motifs is 2. The second-order valence-corrected chi connectivity index (χ2v) is 9.49. The number of nitrogens with two attached hydrogens (primary N) is 1. The van der Waals surface area contributed by atoms with Gasteiger partial charge >= 0.3 is 6.18 Å². The van der Waals surface area contributed by atoms with Gasteiger partial charge in [-0.25, -0.2) is 0 Å². The highest BCUT2D eigenvalue weighted by Gasteiger charge is 2.36. The van der Waals surface area contributed by atoms with E-state index in [-0.39, 0.29) is 20.4 Å². The lowest BCUT2D eigenvalue weighted by Gasteiger charge is -2.24. The normalized spacial score (nSPS) is 20.0. The van der Waals surface area contributed by atoms with Crippen molar-refractivity contribution in [2.75, 3.05) is 25.8 Å². The summed E-state index contributed by atoms with van der Waals surface area (Å²) in [6.07, 6.45) is 1.63. The monoisotopic (exact) mass is 425 g/mol. The first-order valence-corrected chi connectivity index (χ1v) is 11.6. The first-order valence-electron chi connectivity index (χ1n) is 9.90. The molecule has 0 spiro atoms. The third-order valence-corrected chi connectivity index (χ3v) is 7.99. The Hall–Kier alpha value is -1.85. The van der Waals surface area contributed by atoms with Crippen molar-refractivity contribution < 1.29 is 18.0 Å². The number of aromatic amines is 1. The molecule has 2 unspecified atom stereocenters. The van der Waals surface area contributed by atoms with E-state index >= 15 is 0 Å². The van der Waals surface area contributed by atoms with E-state index in [1.54, 1.807) is 0 Å². The molecule has 0 bridgehead atoms. The highest BCUT2D eigenvalue weighted by Crippen LogP contribution is 2.63. The number of rotatable bonds is 4. The zero-order valence-corrected chi connectivity index (χ0v) is 17.6. The fraction of sp³-hybridized carbons (Fsp3) is 0.476. The third-order valence-electron chi connectivity index (χ3n) is 5.36. The maximum Gasteiger partial charge on any atom is 0.390 e. The number of aromatic nitrogens is 1. The van der Waals surface area contributed by atoms with Crippen LogP contribution in [0.1, 0.15) is 31.4 Å². The first-order chi connectivity index (χ1) is 13.8. The number of nitrogens with zero attached hydrogens (tertiary/aromatic N) is 1. The van der Waals surface area contributed by atoms with E-state index in [4.69, 9.17) is 0 Å². The Kier molecular flexibility index (Phi) is 6.69. The van der Waals surface area contributed by atoms with Crippen LogP contribution in [0.25, 0.3) is 16.2 Å². The Labute approximate surface area is 170 Å². The summed E-state index contributed by atoms with van der Waals surface area (Å²) in [7, 11) is -0.219. The van der Waals surface area contributed by atoms with E-state index in [0.717, 1.165) is 25.4 Å². The van der Waals surface area contributed by atoms with Gasteiger partial charge in [-0.05, 0) is 48.7 Å². The van der Waals surface area contributed by atoms with Crippen molar-refractivity contribution in [1.82, 2.24) is 9.88 Å². The van der Waals surface area contributed by atoms with Crippen molar-refractivity contribution >= 4 is 30.0 Å². The Balaban J connectivity index is 0.000000298. The van der Waals surface area contributed by atoms with Gasteiger partial charge in [-0.3, -0.25) is 4.79 Å². The van der Waals surface area contributed by atoms with Gasteiger partial charge in [0, 0.05) is 36.7 Å². The summed E-state index contributed by atoms with van der Waals surface area (Å²) < 4.78 is 32.9. The quantitative estimate of drug-likeness (QED) is 0.685. The molecule has 1 amide bonds. The van der Waals surface area contributed by atoms with Gasteiger partial charge in [-0.15, -0.1) is 0 Å². The highest BCUT2D eigenvalue weighted by atomic mass is 31.1. The molecule has 3 heterocycles. The molecule has 3 N–H and O–H groups in total. The molecule has 2 aromatic rings. The molecular formula is C21H27F3N3OP. The highest BCUT2D eigenvalue weighted by molar-refractivity contribution is 7.68. The smallest absolute Gasteiger partial charge is 0.361 e. The Morgan fingerprint density at radius 1 is 1.31 bits per heavy atom. The summed E-state index contributed by atoms with van der Waals surface area (Å²) in [5.41, 5.74) is 8.62. The van der Waals surface area contributed by atoms with Crippen molar-refractivity contribution in [1.29, 1.82) is 0 Å². The number of benzene rings is 1. The van der Waals surface area contributed by atoms with Gasteiger partial charge in [-0.1, -0.05) is 26.1 Å². The fourth-order valence-corrected chi connectivity index (χ4v) is 6.79. The van der Waals surface area contributed by atoms with Crippen molar-refractivity contribution in [3.8, 4) is 0 Å². The van der Waals surface area contributed by atoms with Crippen LogP contribution in [0.3, 0.4) is 0 Å². The molecule has 0 radical (unpaired) electrons. The van der Waals surface area contributed by atoms with Crippen LogP contribution in [0.5, 0.6) is 0 Å². The van der Waals surface area contributed by atoms with E-state index in [1.165, 1.54) is 27.3 Å². The van der Waals surface area contributed by atoms with Gasteiger partial charge in [0.05, 0.1) is 12.3 Å². The summed E-state index contributed by atoms with van der Waals surface area (Å²) in [4.78, 5) is 18.0. The number of halogens is 3. The molecular weight excluding hydrogens is 398 g/mol. The lowest BCUT2D eigenvalue weighted by Crippen LogP contribution is -2.35. The van der Waals surface area contributed by atoms with Crippen LogP contribution in [-0.2, 0) is 11.0 Å². The molecule has 2 aliphatic rings. The predicted octanol–water partition coefficient (Wildman–Crippen LogP) is 4.90. The Morgan fingerprint density at radius 3 is 2.62 bits per heavy atom. The number of carbonyl (C=O) groups is 1. The largest absolute Gasteiger partial charge is 0.390 e. The Bertz CT molecular complexity index is 902. The molecule has 158 valence electrons. The van der Waals surface area contributed by atoms with Crippen molar-refractivity contribution in [2.45, 2.75) is 32.6 Å². The number of nitrogens with one attached hydrogen (secondary N) is 1. The minimum Gasteiger partial charge on any atom is -0.361 e. The van der Waals surface area contributed by atoms with Crippen molar-refractivity contribution in [2.24, 2.45) is 11.7 Å². The molecule has 2 atom stereocenters. The summed E-state index contributed by atoms with van der Waals surface area (Å²) in [6, 6.07) is 6.49. The number of carbonyl (C=O) groups excluding carboxylic acids is 1. The summed E-state index contributed by atoms with van der Waals surface area (Å²) >= 11 is 0. The van der Waals surface area contributed by atoms with E-state index < -0.39 is 12.6 Å². The molecule has 4 nitrogen and oxygen atoms in total. The lowest BCUT2D eigenvalue weighted by atomic mass is 10.0. The van der Waals surface area contributed by atoms with Crippen LogP contribution >= 0.6 is 7.92 Å². The van der Waals surface area contributed by atoms with Crippen LogP contribution in [-0.4, -0.2) is 47.8 Å². The van der Waals surface area contributed by atoms with E-state index in [0.29, 0.717) is 5.91 Å². The lowest BCUT2D eigenvalue weighted by molar-refractivity contribution is -0.133. The topological polar surface area (TPSA) is 62.1 Å². The molecule has 8 heteroatoms. The number of H-pyrrole nitrogens is 1. The average molecular weight is 425 g/mol. The molecule has 29 heavy (non-hydrogen) atoms. The van der Waals surface area contributed by atoms with Gasteiger partial charge in [0.1, 0.15) is 0 Å².